The van der Waals surface area contributed by atoms with Crippen LogP contribution in [0.4, 0.5) is 4.39 Å². The smallest absolute Gasteiger partial charge is 0.241 e. The quantitative estimate of drug-likeness (QED) is 0.782. The first-order valence-corrected chi connectivity index (χ1v) is 11.5. The van der Waals surface area contributed by atoms with E-state index in [2.05, 4.69) is 4.72 Å². The number of benzene rings is 2. The molecule has 3 rings (SSSR count). The summed E-state index contributed by atoms with van der Waals surface area (Å²) >= 11 is 0. The summed E-state index contributed by atoms with van der Waals surface area (Å²) < 4.78 is 48.5. The van der Waals surface area contributed by atoms with Crippen molar-refractivity contribution in [1.82, 2.24) is 4.72 Å². The van der Waals surface area contributed by atoms with Crippen LogP contribution in [0.2, 0.25) is 0 Å². The summed E-state index contributed by atoms with van der Waals surface area (Å²) in [5, 5.41) is 0. The molecule has 0 bridgehead atoms. The minimum atomic E-state index is -3.70. The molecule has 6 heteroatoms. The Morgan fingerprint density at radius 2 is 1.38 bits per heavy atom. The number of hydrogen-bond acceptors (Lipinski definition) is 3. The summed E-state index contributed by atoms with van der Waals surface area (Å²) in [7, 11) is -3.70. The van der Waals surface area contributed by atoms with E-state index in [1.54, 1.807) is 12.1 Å². The predicted molar refractivity (Wildman–Crippen MR) is 113 cm³/mol. The molecule has 0 aromatic heterocycles. The van der Waals surface area contributed by atoms with Crippen molar-refractivity contribution in [2.45, 2.75) is 57.8 Å². The molecule has 0 spiro atoms. The van der Waals surface area contributed by atoms with Gasteiger partial charge in [0.05, 0.1) is 4.90 Å². The Hall–Kier alpha value is -1.76. The van der Waals surface area contributed by atoms with Gasteiger partial charge in [-0.05, 0) is 93.0 Å². The second-order valence-electron chi connectivity index (χ2n) is 8.18. The lowest BCUT2D eigenvalue weighted by molar-refractivity contribution is 0.0517. The summed E-state index contributed by atoms with van der Waals surface area (Å²) in [4.78, 5) is 0.374. The van der Waals surface area contributed by atoms with Crippen LogP contribution in [0.3, 0.4) is 0 Å². The minimum absolute atomic E-state index is 0.259. The second-order valence-corrected chi connectivity index (χ2v) is 9.88. The van der Waals surface area contributed by atoms with Crippen molar-refractivity contribution in [3.63, 3.8) is 0 Å². The molecule has 0 aliphatic carbocycles. The summed E-state index contributed by atoms with van der Waals surface area (Å²) in [5.74, 6) is -0.298. The third-order valence-electron chi connectivity index (χ3n) is 6.71. The van der Waals surface area contributed by atoms with Gasteiger partial charge >= 0.3 is 0 Å². The van der Waals surface area contributed by atoms with E-state index in [1.165, 1.54) is 12.1 Å². The summed E-state index contributed by atoms with van der Waals surface area (Å²) in [5.41, 5.74) is 5.26. The van der Waals surface area contributed by atoms with E-state index in [-0.39, 0.29) is 12.4 Å². The molecule has 29 heavy (non-hydrogen) atoms. The number of sulfonamides is 1. The maximum absolute atomic E-state index is 13.4. The van der Waals surface area contributed by atoms with Gasteiger partial charge < -0.3 is 4.74 Å². The first kappa shape index (κ1) is 21.9. The van der Waals surface area contributed by atoms with Gasteiger partial charge in [-0.15, -0.1) is 0 Å². The predicted octanol–water partition coefficient (Wildman–Crippen LogP) is 4.39. The van der Waals surface area contributed by atoms with Crippen molar-refractivity contribution < 1.29 is 17.5 Å². The van der Waals surface area contributed by atoms with Gasteiger partial charge in [0.25, 0.3) is 0 Å². The lowest BCUT2D eigenvalue weighted by atomic mass is 9.74. The number of ether oxygens (including phenoxy) is 1. The van der Waals surface area contributed by atoms with Gasteiger partial charge in [0.2, 0.25) is 10.0 Å². The van der Waals surface area contributed by atoms with Crippen molar-refractivity contribution in [2.24, 2.45) is 0 Å². The highest BCUT2D eigenvalue weighted by molar-refractivity contribution is 7.89. The van der Waals surface area contributed by atoms with Crippen LogP contribution in [0.5, 0.6) is 0 Å². The van der Waals surface area contributed by atoms with Crippen LogP contribution in [0, 0.1) is 40.4 Å². The lowest BCUT2D eigenvalue weighted by Gasteiger charge is -2.38. The Morgan fingerprint density at radius 3 is 1.90 bits per heavy atom. The average Bonchev–Trinajstić information content (AvgIpc) is 2.70. The Labute approximate surface area is 173 Å². The zero-order valence-electron chi connectivity index (χ0n) is 17.9. The molecule has 0 radical (unpaired) electrons. The van der Waals surface area contributed by atoms with Gasteiger partial charge in [-0.2, -0.15) is 0 Å². The van der Waals surface area contributed by atoms with Gasteiger partial charge in [0.1, 0.15) is 5.82 Å². The lowest BCUT2D eigenvalue weighted by Crippen LogP contribution is -2.44. The molecule has 1 aliphatic rings. The van der Waals surface area contributed by atoms with Gasteiger partial charge in [-0.1, -0.05) is 12.1 Å². The molecule has 158 valence electrons. The fourth-order valence-electron chi connectivity index (χ4n) is 4.31. The fraction of sp³-hybridized carbons (Fsp3) is 0.478. The van der Waals surface area contributed by atoms with Crippen molar-refractivity contribution >= 4 is 10.0 Å². The largest absolute Gasteiger partial charge is 0.381 e. The number of nitrogens with one attached hydrogen (secondary N) is 1. The first-order chi connectivity index (χ1) is 13.6. The Kier molecular flexibility index (Phi) is 6.18. The van der Waals surface area contributed by atoms with Crippen LogP contribution in [-0.4, -0.2) is 28.2 Å². The van der Waals surface area contributed by atoms with E-state index in [1.807, 2.05) is 34.6 Å². The van der Waals surface area contributed by atoms with E-state index < -0.39 is 15.4 Å². The normalized spacial score (nSPS) is 16.8. The minimum Gasteiger partial charge on any atom is -0.381 e. The molecule has 1 fully saturated rings. The van der Waals surface area contributed by atoms with Crippen molar-refractivity contribution in [2.75, 3.05) is 19.8 Å². The summed E-state index contributed by atoms with van der Waals surface area (Å²) in [6.07, 6.45) is 1.37. The Balaban J connectivity index is 1.97. The first-order valence-electron chi connectivity index (χ1n) is 9.99. The maximum Gasteiger partial charge on any atom is 0.241 e. The van der Waals surface area contributed by atoms with Crippen molar-refractivity contribution in [3.8, 4) is 0 Å². The van der Waals surface area contributed by atoms with Crippen molar-refractivity contribution in [1.29, 1.82) is 0 Å². The van der Waals surface area contributed by atoms with Gasteiger partial charge in [-0.25, -0.2) is 17.5 Å². The van der Waals surface area contributed by atoms with Crippen LogP contribution in [0.1, 0.15) is 46.2 Å². The topological polar surface area (TPSA) is 55.4 Å². The average molecular weight is 420 g/mol. The highest BCUT2D eigenvalue weighted by Gasteiger charge is 2.36. The van der Waals surface area contributed by atoms with E-state index in [0.717, 1.165) is 33.4 Å². The molecule has 4 nitrogen and oxygen atoms in total. The second kappa shape index (κ2) is 8.17. The SMILES string of the molecule is Cc1c(C)c(C)c(S(=O)(=O)NCC2(c3ccc(F)cc3)CCOCC2)c(C)c1C. The summed E-state index contributed by atoms with van der Waals surface area (Å²) in [6, 6.07) is 6.38. The molecule has 2 aromatic carbocycles. The molecule has 2 aromatic rings. The molecule has 1 aliphatic heterocycles. The molecule has 1 saturated heterocycles. The van der Waals surface area contributed by atoms with Crippen LogP contribution < -0.4 is 4.72 Å². The van der Waals surface area contributed by atoms with Gasteiger partial charge in [0, 0.05) is 25.2 Å². The van der Waals surface area contributed by atoms with E-state index in [4.69, 9.17) is 4.74 Å². The Morgan fingerprint density at radius 1 is 0.897 bits per heavy atom. The highest BCUT2D eigenvalue weighted by atomic mass is 32.2. The number of hydrogen-bond donors (Lipinski definition) is 1. The standard InChI is InChI=1S/C23H30FNO3S/c1-15-16(2)18(4)22(19(5)17(15)3)29(26,27)25-14-23(10-12-28-13-11-23)20-6-8-21(24)9-7-20/h6-9,25H,10-14H2,1-5H3. The van der Waals surface area contributed by atoms with Crippen LogP contribution in [0.15, 0.2) is 29.2 Å². The maximum atomic E-state index is 13.4. The summed E-state index contributed by atoms with van der Waals surface area (Å²) in [6.45, 7) is 11.1. The molecule has 1 N–H and O–H groups in total. The monoisotopic (exact) mass is 419 g/mol. The molecular weight excluding hydrogens is 389 g/mol. The molecule has 0 unspecified atom stereocenters. The third-order valence-corrected chi connectivity index (χ3v) is 8.38. The number of rotatable bonds is 5. The van der Waals surface area contributed by atoms with E-state index in [9.17, 15) is 12.8 Å². The molecule has 0 amide bonds. The zero-order valence-corrected chi connectivity index (χ0v) is 18.7. The number of halogens is 1. The fourth-order valence-corrected chi connectivity index (χ4v) is 6.03. The van der Waals surface area contributed by atoms with Gasteiger partial charge in [0.15, 0.2) is 0 Å². The van der Waals surface area contributed by atoms with Crippen LogP contribution in [-0.2, 0) is 20.2 Å². The molecule has 0 atom stereocenters. The molecule has 1 heterocycles. The van der Waals surface area contributed by atoms with Gasteiger partial charge in [-0.3, -0.25) is 0 Å². The van der Waals surface area contributed by atoms with Crippen LogP contribution >= 0.6 is 0 Å². The zero-order chi connectivity index (χ0) is 21.4. The highest BCUT2D eigenvalue weighted by Crippen LogP contribution is 2.36. The van der Waals surface area contributed by atoms with Crippen molar-refractivity contribution in [3.05, 3.63) is 63.5 Å². The van der Waals surface area contributed by atoms with E-state index in [0.29, 0.717) is 31.0 Å². The third kappa shape index (κ3) is 4.11. The Bertz CT molecular complexity index is 978. The molecular formula is C23H30FNO3S. The van der Waals surface area contributed by atoms with E-state index >= 15 is 0 Å². The van der Waals surface area contributed by atoms with Crippen LogP contribution in [0.25, 0.3) is 0 Å². The molecule has 0 saturated carbocycles.